The minimum Gasteiger partial charge on any atom is -0.379 e. The molecule has 0 aliphatic rings. The molecule has 7 heteroatoms. The van der Waals surface area contributed by atoms with Crippen molar-refractivity contribution in [1.29, 1.82) is 0 Å². The maximum atomic E-state index is 6.11. The van der Waals surface area contributed by atoms with Crippen LogP contribution in [0, 0.1) is 0 Å². The molecule has 2 rings (SSSR count). The van der Waals surface area contributed by atoms with Crippen LogP contribution in [-0.4, -0.2) is 23.4 Å². The SMILES string of the molecule is CCOCC(C)(N)c1noc(-c2ccc(Cl)c(Cl)c2)n1. The van der Waals surface area contributed by atoms with Gasteiger partial charge in [-0.2, -0.15) is 4.98 Å². The Morgan fingerprint density at radius 2 is 2.10 bits per heavy atom. The monoisotopic (exact) mass is 315 g/mol. The van der Waals surface area contributed by atoms with E-state index in [1.807, 2.05) is 6.92 Å². The van der Waals surface area contributed by atoms with Gasteiger partial charge in [0, 0.05) is 12.2 Å². The Morgan fingerprint density at radius 1 is 1.35 bits per heavy atom. The van der Waals surface area contributed by atoms with E-state index in [0.29, 0.717) is 40.5 Å². The number of rotatable bonds is 5. The van der Waals surface area contributed by atoms with Gasteiger partial charge in [-0.05, 0) is 32.0 Å². The van der Waals surface area contributed by atoms with Crippen molar-refractivity contribution in [2.75, 3.05) is 13.2 Å². The third-order valence-electron chi connectivity index (χ3n) is 2.71. The first kappa shape index (κ1) is 15.3. The Kier molecular flexibility index (Phi) is 4.65. The average Bonchev–Trinajstić information content (AvgIpc) is 2.90. The summed E-state index contributed by atoms with van der Waals surface area (Å²) in [6.07, 6.45) is 0. The van der Waals surface area contributed by atoms with Crippen LogP contribution in [0.4, 0.5) is 0 Å². The largest absolute Gasteiger partial charge is 0.379 e. The molecule has 0 aliphatic carbocycles. The van der Waals surface area contributed by atoms with Crippen LogP contribution in [0.15, 0.2) is 22.7 Å². The van der Waals surface area contributed by atoms with Crippen LogP contribution in [0.2, 0.25) is 10.0 Å². The summed E-state index contributed by atoms with van der Waals surface area (Å²) in [6.45, 7) is 4.56. The normalized spacial score (nSPS) is 14.2. The highest BCUT2D eigenvalue weighted by Crippen LogP contribution is 2.28. The molecular formula is C13H15Cl2N3O2. The van der Waals surface area contributed by atoms with E-state index in [4.69, 9.17) is 38.2 Å². The molecule has 0 radical (unpaired) electrons. The van der Waals surface area contributed by atoms with Gasteiger partial charge in [0.25, 0.3) is 5.89 Å². The highest BCUT2D eigenvalue weighted by molar-refractivity contribution is 6.42. The Labute approximate surface area is 127 Å². The van der Waals surface area contributed by atoms with Gasteiger partial charge < -0.3 is 15.0 Å². The molecular weight excluding hydrogens is 301 g/mol. The number of aromatic nitrogens is 2. The molecule has 0 aliphatic heterocycles. The number of hydrogen-bond acceptors (Lipinski definition) is 5. The lowest BCUT2D eigenvalue weighted by Crippen LogP contribution is -2.39. The van der Waals surface area contributed by atoms with Gasteiger partial charge in [0.1, 0.15) is 5.54 Å². The zero-order valence-electron chi connectivity index (χ0n) is 11.2. The first-order valence-corrected chi connectivity index (χ1v) is 6.86. The molecule has 2 aromatic rings. The molecule has 5 nitrogen and oxygen atoms in total. The molecule has 0 saturated carbocycles. The molecule has 0 fully saturated rings. The Hall–Kier alpha value is -1.14. The third-order valence-corrected chi connectivity index (χ3v) is 3.45. The van der Waals surface area contributed by atoms with Gasteiger partial charge in [0.15, 0.2) is 5.82 Å². The highest BCUT2D eigenvalue weighted by Gasteiger charge is 2.28. The quantitative estimate of drug-likeness (QED) is 0.916. The molecule has 2 N–H and O–H groups in total. The average molecular weight is 316 g/mol. The molecule has 108 valence electrons. The van der Waals surface area contributed by atoms with Crippen molar-refractivity contribution >= 4 is 23.2 Å². The molecule has 0 bridgehead atoms. The maximum Gasteiger partial charge on any atom is 0.258 e. The van der Waals surface area contributed by atoms with Crippen molar-refractivity contribution in [2.24, 2.45) is 5.73 Å². The minimum absolute atomic E-state index is 0.309. The predicted molar refractivity (Wildman–Crippen MR) is 77.8 cm³/mol. The summed E-state index contributed by atoms with van der Waals surface area (Å²) in [5.41, 5.74) is 5.99. The lowest BCUT2D eigenvalue weighted by atomic mass is 10.1. The van der Waals surface area contributed by atoms with Crippen LogP contribution in [-0.2, 0) is 10.3 Å². The Bertz CT molecular complexity index is 599. The van der Waals surface area contributed by atoms with Crippen LogP contribution >= 0.6 is 23.2 Å². The molecule has 1 atom stereocenters. The first-order chi connectivity index (χ1) is 9.44. The number of benzene rings is 1. The second-order valence-electron chi connectivity index (χ2n) is 4.61. The van der Waals surface area contributed by atoms with Gasteiger partial charge >= 0.3 is 0 Å². The van der Waals surface area contributed by atoms with Gasteiger partial charge in [-0.3, -0.25) is 0 Å². The molecule has 1 aromatic heterocycles. The van der Waals surface area contributed by atoms with E-state index in [2.05, 4.69) is 10.1 Å². The summed E-state index contributed by atoms with van der Waals surface area (Å²) < 4.78 is 10.5. The zero-order chi connectivity index (χ0) is 14.8. The number of nitrogens with zero attached hydrogens (tertiary/aromatic N) is 2. The lowest BCUT2D eigenvalue weighted by molar-refractivity contribution is 0.0962. The van der Waals surface area contributed by atoms with Gasteiger partial charge in [-0.1, -0.05) is 28.4 Å². The van der Waals surface area contributed by atoms with Crippen molar-refractivity contribution in [3.8, 4) is 11.5 Å². The summed E-state index contributed by atoms with van der Waals surface area (Å²) in [5, 5.41) is 4.79. The fourth-order valence-electron chi connectivity index (χ4n) is 1.58. The fourth-order valence-corrected chi connectivity index (χ4v) is 1.88. The standard InChI is InChI=1S/C13H15Cl2N3O2/c1-3-19-7-13(2,16)12-17-11(20-18-12)8-4-5-9(14)10(15)6-8/h4-6H,3,7,16H2,1-2H3. The molecule has 0 amide bonds. The van der Waals surface area contributed by atoms with Crippen LogP contribution < -0.4 is 5.73 Å². The predicted octanol–water partition coefficient (Wildman–Crippen LogP) is 3.25. The van der Waals surface area contributed by atoms with Crippen LogP contribution in [0.25, 0.3) is 11.5 Å². The maximum absolute atomic E-state index is 6.11. The third kappa shape index (κ3) is 3.30. The molecule has 0 spiro atoms. The number of halogens is 2. The topological polar surface area (TPSA) is 74.2 Å². The number of hydrogen-bond donors (Lipinski definition) is 1. The number of nitrogens with two attached hydrogens (primary N) is 1. The lowest BCUT2D eigenvalue weighted by Gasteiger charge is -2.19. The Morgan fingerprint density at radius 3 is 2.75 bits per heavy atom. The van der Waals surface area contributed by atoms with Gasteiger partial charge in [-0.15, -0.1) is 0 Å². The van der Waals surface area contributed by atoms with E-state index >= 15 is 0 Å². The van der Waals surface area contributed by atoms with Crippen molar-refractivity contribution in [2.45, 2.75) is 19.4 Å². The van der Waals surface area contributed by atoms with Gasteiger partial charge in [0.2, 0.25) is 0 Å². The van der Waals surface area contributed by atoms with Crippen molar-refractivity contribution in [3.63, 3.8) is 0 Å². The summed E-state index contributed by atoms with van der Waals surface area (Å²) in [4.78, 5) is 4.29. The summed E-state index contributed by atoms with van der Waals surface area (Å²) >= 11 is 11.8. The van der Waals surface area contributed by atoms with E-state index in [-0.39, 0.29) is 0 Å². The highest BCUT2D eigenvalue weighted by atomic mass is 35.5. The van der Waals surface area contributed by atoms with Crippen LogP contribution in [0.5, 0.6) is 0 Å². The molecule has 0 saturated heterocycles. The molecule has 1 heterocycles. The first-order valence-electron chi connectivity index (χ1n) is 6.10. The molecule has 1 aromatic carbocycles. The molecule has 1 unspecified atom stereocenters. The summed E-state index contributed by atoms with van der Waals surface area (Å²) in [5.74, 6) is 0.721. The van der Waals surface area contributed by atoms with E-state index in [1.54, 1.807) is 25.1 Å². The summed E-state index contributed by atoms with van der Waals surface area (Å²) in [7, 11) is 0. The van der Waals surface area contributed by atoms with E-state index < -0.39 is 5.54 Å². The van der Waals surface area contributed by atoms with Crippen LogP contribution in [0.3, 0.4) is 0 Å². The second kappa shape index (κ2) is 6.10. The van der Waals surface area contributed by atoms with E-state index in [9.17, 15) is 0 Å². The molecule has 20 heavy (non-hydrogen) atoms. The van der Waals surface area contributed by atoms with Crippen molar-refractivity contribution in [1.82, 2.24) is 10.1 Å². The Balaban J connectivity index is 2.26. The minimum atomic E-state index is -0.812. The van der Waals surface area contributed by atoms with Gasteiger partial charge in [0.05, 0.1) is 16.7 Å². The second-order valence-corrected chi connectivity index (χ2v) is 5.42. The summed E-state index contributed by atoms with van der Waals surface area (Å²) in [6, 6.07) is 5.09. The van der Waals surface area contributed by atoms with E-state index in [0.717, 1.165) is 0 Å². The number of ether oxygens (including phenoxy) is 1. The van der Waals surface area contributed by atoms with Crippen molar-refractivity contribution in [3.05, 3.63) is 34.1 Å². The zero-order valence-corrected chi connectivity index (χ0v) is 12.7. The van der Waals surface area contributed by atoms with E-state index in [1.165, 1.54) is 0 Å². The van der Waals surface area contributed by atoms with Crippen LogP contribution in [0.1, 0.15) is 19.7 Å². The van der Waals surface area contributed by atoms with Gasteiger partial charge in [-0.25, -0.2) is 0 Å². The smallest absolute Gasteiger partial charge is 0.258 e. The van der Waals surface area contributed by atoms with Crippen molar-refractivity contribution < 1.29 is 9.26 Å². The fraction of sp³-hybridized carbons (Fsp3) is 0.385.